The van der Waals surface area contributed by atoms with Crippen LogP contribution in [-0.2, 0) is 0 Å². The van der Waals surface area contributed by atoms with E-state index in [0.717, 1.165) is 35.4 Å². The molecule has 0 unspecified atom stereocenters. The summed E-state index contributed by atoms with van der Waals surface area (Å²) in [5.41, 5.74) is 0.883. The molecule has 0 spiro atoms. The zero-order chi connectivity index (χ0) is 20.5. The molecule has 0 radical (unpaired) electrons. The lowest BCUT2D eigenvalue weighted by molar-refractivity contribution is 0.0710. The molecule has 2 aliphatic rings. The van der Waals surface area contributed by atoms with E-state index in [9.17, 15) is 9.59 Å². The zero-order valence-corrected chi connectivity index (χ0v) is 16.4. The van der Waals surface area contributed by atoms with Gasteiger partial charge >= 0.3 is 5.63 Å². The van der Waals surface area contributed by atoms with Gasteiger partial charge in [-0.3, -0.25) is 4.79 Å². The number of carbonyl (C=O) groups excluding carboxylic acids is 1. The van der Waals surface area contributed by atoms with Crippen LogP contribution in [0.5, 0.6) is 11.5 Å². The molecule has 0 bridgehead atoms. The van der Waals surface area contributed by atoms with Crippen LogP contribution in [0.4, 0.5) is 5.69 Å². The van der Waals surface area contributed by atoms with Crippen molar-refractivity contribution >= 4 is 22.6 Å². The molecule has 30 heavy (non-hydrogen) atoms. The molecule has 7 heteroatoms. The number of benzene rings is 2. The minimum absolute atomic E-state index is 0.0775. The van der Waals surface area contributed by atoms with Crippen molar-refractivity contribution in [2.24, 2.45) is 0 Å². The van der Waals surface area contributed by atoms with E-state index in [1.54, 1.807) is 23.1 Å². The SMILES string of the molecule is O=C(c1cc2ccccc2oc1=O)N1CCC[C@H](Nc2ccc3c(c2)OCCO3)C1. The maximum Gasteiger partial charge on any atom is 0.349 e. The number of rotatable bonds is 3. The first kappa shape index (κ1) is 18.5. The number of nitrogens with one attached hydrogen (secondary N) is 1. The molecule has 154 valence electrons. The van der Waals surface area contributed by atoms with E-state index in [1.165, 1.54) is 0 Å². The fourth-order valence-electron chi connectivity index (χ4n) is 4.03. The van der Waals surface area contributed by atoms with Gasteiger partial charge in [-0.25, -0.2) is 4.79 Å². The Morgan fingerprint density at radius 2 is 1.87 bits per heavy atom. The number of fused-ring (bicyclic) bond motifs is 2. The van der Waals surface area contributed by atoms with Gasteiger partial charge in [-0.15, -0.1) is 0 Å². The molecule has 0 saturated carbocycles. The van der Waals surface area contributed by atoms with Crippen LogP contribution in [-0.4, -0.2) is 43.2 Å². The number of anilines is 1. The number of para-hydroxylation sites is 1. The summed E-state index contributed by atoms with van der Waals surface area (Å²) in [5, 5.41) is 4.22. The van der Waals surface area contributed by atoms with Gasteiger partial charge in [-0.2, -0.15) is 0 Å². The topological polar surface area (TPSA) is 81.0 Å². The lowest BCUT2D eigenvalue weighted by Gasteiger charge is -2.33. The highest BCUT2D eigenvalue weighted by atomic mass is 16.6. The fraction of sp³-hybridized carbons (Fsp3) is 0.304. The normalized spacial score (nSPS) is 18.3. The predicted molar refractivity (Wildman–Crippen MR) is 112 cm³/mol. The summed E-state index contributed by atoms with van der Waals surface area (Å²) in [4.78, 5) is 27.1. The summed E-state index contributed by atoms with van der Waals surface area (Å²) < 4.78 is 16.5. The summed E-state index contributed by atoms with van der Waals surface area (Å²) in [6.45, 7) is 2.22. The molecular formula is C23H22N2O5. The van der Waals surface area contributed by atoms with Gasteiger partial charge in [-0.05, 0) is 37.1 Å². The average Bonchev–Trinajstić information content (AvgIpc) is 2.78. The summed E-state index contributed by atoms with van der Waals surface area (Å²) in [6.07, 6.45) is 1.79. The number of nitrogens with zero attached hydrogens (tertiary/aromatic N) is 1. The molecule has 1 fully saturated rings. The Bertz CT molecular complexity index is 1160. The van der Waals surface area contributed by atoms with Crippen LogP contribution < -0.4 is 20.4 Å². The Balaban J connectivity index is 1.32. The molecule has 1 aromatic heterocycles. The van der Waals surface area contributed by atoms with Gasteiger partial charge in [0, 0.05) is 36.3 Å². The molecule has 1 saturated heterocycles. The zero-order valence-electron chi connectivity index (χ0n) is 16.4. The third-order valence-electron chi connectivity index (χ3n) is 5.49. The number of likely N-dealkylation sites (tertiary alicyclic amines) is 1. The van der Waals surface area contributed by atoms with E-state index < -0.39 is 5.63 Å². The van der Waals surface area contributed by atoms with Gasteiger partial charge < -0.3 is 24.1 Å². The van der Waals surface area contributed by atoms with Crippen LogP contribution in [0.1, 0.15) is 23.2 Å². The molecule has 1 amide bonds. The number of carbonyl (C=O) groups is 1. The Labute approximate surface area is 173 Å². The molecule has 7 nitrogen and oxygen atoms in total. The molecule has 5 rings (SSSR count). The summed E-state index contributed by atoms with van der Waals surface area (Å²) in [6, 6.07) is 14.7. The Morgan fingerprint density at radius 1 is 1.03 bits per heavy atom. The standard InChI is InChI=1S/C23H22N2O5/c26-22(18-12-15-4-1-2-6-19(15)30-23(18)27)25-9-3-5-17(14-25)24-16-7-8-20-21(13-16)29-11-10-28-20/h1-2,4,6-8,12-13,17,24H,3,5,9-11,14H2/t17-/m0/s1. The van der Waals surface area contributed by atoms with Crippen LogP contribution in [0.15, 0.2) is 57.7 Å². The minimum Gasteiger partial charge on any atom is -0.486 e. The largest absolute Gasteiger partial charge is 0.486 e. The Morgan fingerprint density at radius 3 is 2.77 bits per heavy atom. The summed E-state index contributed by atoms with van der Waals surface area (Å²) in [5.74, 6) is 1.18. The number of hydrogen-bond acceptors (Lipinski definition) is 6. The first-order chi connectivity index (χ1) is 14.7. The Kier molecular flexibility index (Phi) is 4.78. The fourth-order valence-corrected chi connectivity index (χ4v) is 4.03. The molecule has 0 aliphatic carbocycles. The Hall–Kier alpha value is -3.48. The second kappa shape index (κ2) is 7.74. The lowest BCUT2D eigenvalue weighted by atomic mass is 10.0. The van der Waals surface area contributed by atoms with Crippen molar-refractivity contribution < 1.29 is 18.7 Å². The van der Waals surface area contributed by atoms with Gasteiger partial charge in [0.2, 0.25) is 0 Å². The minimum atomic E-state index is -0.597. The number of hydrogen-bond donors (Lipinski definition) is 1. The van der Waals surface area contributed by atoms with E-state index >= 15 is 0 Å². The van der Waals surface area contributed by atoms with Crippen LogP contribution in [0, 0.1) is 0 Å². The van der Waals surface area contributed by atoms with Gasteiger partial charge in [-0.1, -0.05) is 18.2 Å². The van der Waals surface area contributed by atoms with Crippen LogP contribution in [0.2, 0.25) is 0 Å². The quantitative estimate of drug-likeness (QED) is 0.673. The van der Waals surface area contributed by atoms with Crippen molar-refractivity contribution in [3.8, 4) is 11.5 Å². The van der Waals surface area contributed by atoms with Crippen molar-refractivity contribution in [2.45, 2.75) is 18.9 Å². The molecular weight excluding hydrogens is 384 g/mol. The maximum atomic E-state index is 13.1. The lowest BCUT2D eigenvalue weighted by Crippen LogP contribution is -2.46. The van der Waals surface area contributed by atoms with E-state index in [4.69, 9.17) is 13.9 Å². The molecule has 1 atom stereocenters. The van der Waals surface area contributed by atoms with E-state index in [1.807, 2.05) is 30.3 Å². The van der Waals surface area contributed by atoms with Crippen LogP contribution >= 0.6 is 0 Å². The molecule has 3 heterocycles. The van der Waals surface area contributed by atoms with Gasteiger partial charge in [0.05, 0.1) is 0 Å². The number of amides is 1. The van der Waals surface area contributed by atoms with Gasteiger partial charge in [0.1, 0.15) is 24.4 Å². The monoisotopic (exact) mass is 406 g/mol. The maximum absolute atomic E-state index is 13.1. The van der Waals surface area contributed by atoms with E-state index in [2.05, 4.69) is 5.32 Å². The highest BCUT2D eigenvalue weighted by Gasteiger charge is 2.27. The smallest absolute Gasteiger partial charge is 0.349 e. The van der Waals surface area contributed by atoms with Crippen molar-refractivity contribution in [3.05, 3.63) is 64.5 Å². The summed E-state index contributed by atoms with van der Waals surface area (Å²) >= 11 is 0. The van der Waals surface area contributed by atoms with Crippen molar-refractivity contribution in [3.63, 3.8) is 0 Å². The molecule has 2 aliphatic heterocycles. The molecule has 2 aromatic carbocycles. The highest BCUT2D eigenvalue weighted by Crippen LogP contribution is 2.33. The first-order valence-corrected chi connectivity index (χ1v) is 10.2. The third kappa shape index (κ3) is 3.58. The average molecular weight is 406 g/mol. The van der Waals surface area contributed by atoms with Gasteiger partial charge in [0.25, 0.3) is 5.91 Å². The predicted octanol–water partition coefficient (Wildman–Crippen LogP) is 3.28. The molecule has 1 N–H and O–H groups in total. The highest BCUT2D eigenvalue weighted by molar-refractivity contribution is 5.96. The van der Waals surface area contributed by atoms with E-state index in [-0.39, 0.29) is 17.5 Å². The van der Waals surface area contributed by atoms with Crippen molar-refractivity contribution in [2.75, 3.05) is 31.6 Å². The summed E-state index contributed by atoms with van der Waals surface area (Å²) in [7, 11) is 0. The van der Waals surface area contributed by atoms with Crippen molar-refractivity contribution in [1.29, 1.82) is 0 Å². The third-order valence-corrected chi connectivity index (χ3v) is 5.49. The van der Waals surface area contributed by atoms with Crippen LogP contribution in [0.25, 0.3) is 11.0 Å². The van der Waals surface area contributed by atoms with Crippen molar-refractivity contribution in [1.82, 2.24) is 4.90 Å². The number of piperidine rings is 1. The van der Waals surface area contributed by atoms with Gasteiger partial charge in [0.15, 0.2) is 11.5 Å². The van der Waals surface area contributed by atoms with E-state index in [0.29, 0.717) is 31.9 Å². The molecule has 3 aromatic rings. The van der Waals surface area contributed by atoms with Crippen LogP contribution in [0.3, 0.4) is 0 Å². The first-order valence-electron chi connectivity index (χ1n) is 10.2. The second-order valence-electron chi connectivity index (χ2n) is 7.58. The number of ether oxygens (including phenoxy) is 2. The second-order valence-corrected chi connectivity index (χ2v) is 7.58.